The number of hydrogen-bond acceptors (Lipinski definition) is 2. The number of nitrogens with one attached hydrogen (secondary N) is 1. The number of anilines is 2. The summed E-state index contributed by atoms with van der Waals surface area (Å²) in [5.74, 6) is 0. The van der Waals surface area contributed by atoms with Crippen molar-refractivity contribution >= 4 is 16.9 Å². The van der Waals surface area contributed by atoms with Gasteiger partial charge >= 0.3 is 0 Å². The molecular formula is C18H22N2. The zero-order valence-corrected chi connectivity index (χ0v) is 12.5. The van der Waals surface area contributed by atoms with Gasteiger partial charge < -0.3 is 10.2 Å². The summed E-state index contributed by atoms with van der Waals surface area (Å²) in [6.45, 7) is 7.02. The van der Waals surface area contributed by atoms with Gasteiger partial charge in [-0.3, -0.25) is 0 Å². The van der Waals surface area contributed by atoms with Crippen molar-refractivity contribution in [1.29, 1.82) is 0 Å². The molecule has 1 N–H and O–H groups in total. The highest BCUT2D eigenvalue weighted by atomic mass is 15.1. The highest BCUT2D eigenvalue weighted by molar-refractivity contribution is 5.69. The fourth-order valence-electron chi connectivity index (χ4n) is 2.19. The summed E-state index contributed by atoms with van der Waals surface area (Å²) in [6.07, 6.45) is 0. The van der Waals surface area contributed by atoms with Gasteiger partial charge in [-0.1, -0.05) is 43.0 Å². The lowest BCUT2D eigenvalue weighted by Crippen LogP contribution is -2.11. The topological polar surface area (TPSA) is 15.3 Å². The minimum Gasteiger partial charge on any atom is -0.381 e. The monoisotopic (exact) mass is 266 g/mol. The predicted octanol–water partition coefficient (Wildman–Crippen LogP) is 4.19. The lowest BCUT2D eigenvalue weighted by atomic mass is 10.1. The Kier molecular flexibility index (Phi) is 4.46. The van der Waals surface area contributed by atoms with Crippen LogP contribution in [0.5, 0.6) is 0 Å². The van der Waals surface area contributed by atoms with Crippen molar-refractivity contribution in [2.75, 3.05) is 30.9 Å². The summed E-state index contributed by atoms with van der Waals surface area (Å²) < 4.78 is 0. The van der Waals surface area contributed by atoms with Gasteiger partial charge in [-0.05, 0) is 35.8 Å². The molecule has 2 aromatic carbocycles. The number of benzene rings is 2. The SMILES string of the molecule is C=C(CNc1ccc(C)c(N(C)C)c1)c1ccccc1. The van der Waals surface area contributed by atoms with Gasteiger partial charge in [0.2, 0.25) is 0 Å². The molecule has 104 valence electrons. The molecular weight excluding hydrogens is 244 g/mol. The zero-order chi connectivity index (χ0) is 14.5. The molecule has 0 bridgehead atoms. The third-order valence-corrected chi connectivity index (χ3v) is 3.38. The van der Waals surface area contributed by atoms with Crippen LogP contribution in [0.15, 0.2) is 55.1 Å². The quantitative estimate of drug-likeness (QED) is 0.873. The van der Waals surface area contributed by atoms with E-state index in [4.69, 9.17) is 0 Å². The van der Waals surface area contributed by atoms with Gasteiger partial charge in [-0.25, -0.2) is 0 Å². The summed E-state index contributed by atoms with van der Waals surface area (Å²) in [7, 11) is 4.13. The van der Waals surface area contributed by atoms with Crippen LogP contribution in [0.4, 0.5) is 11.4 Å². The standard InChI is InChI=1S/C18H22N2/c1-14-10-11-17(12-18(14)20(3)4)19-13-15(2)16-8-6-5-7-9-16/h5-12,19H,2,13H2,1,3-4H3. The van der Waals surface area contributed by atoms with Crippen LogP contribution in [-0.2, 0) is 0 Å². The molecule has 0 unspecified atom stereocenters. The molecule has 20 heavy (non-hydrogen) atoms. The molecule has 0 amide bonds. The molecule has 0 radical (unpaired) electrons. The molecule has 0 spiro atoms. The molecule has 0 aliphatic heterocycles. The van der Waals surface area contributed by atoms with E-state index in [9.17, 15) is 0 Å². The number of rotatable bonds is 5. The minimum atomic E-state index is 0.750. The average Bonchev–Trinajstić information content (AvgIpc) is 2.46. The fraction of sp³-hybridized carbons (Fsp3) is 0.222. The zero-order valence-electron chi connectivity index (χ0n) is 12.5. The summed E-state index contributed by atoms with van der Waals surface area (Å²) in [4.78, 5) is 2.13. The van der Waals surface area contributed by atoms with Gasteiger partial charge in [0.1, 0.15) is 0 Å². The van der Waals surface area contributed by atoms with Crippen LogP contribution < -0.4 is 10.2 Å². The summed E-state index contributed by atoms with van der Waals surface area (Å²) in [5.41, 5.74) is 5.91. The maximum atomic E-state index is 4.14. The van der Waals surface area contributed by atoms with Gasteiger partial charge in [0.05, 0.1) is 0 Å². The largest absolute Gasteiger partial charge is 0.381 e. The molecule has 0 aliphatic rings. The predicted molar refractivity (Wildman–Crippen MR) is 89.5 cm³/mol. The lowest BCUT2D eigenvalue weighted by Gasteiger charge is -2.18. The van der Waals surface area contributed by atoms with Gasteiger partial charge in [-0.2, -0.15) is 0 Å². The molecule has 2 rings (SSSR count). The maximum Gasteiger partial charge on any atom is 0.0411 e. The van der Waals surface area contributed by atoms with Crippen LogP contribution in [0.1, 0.15) is 11.1 Å². The normalized spacial score (nSPS) is 10.2. The Morgan fingerprint density at radius 2 is 1.80 bits per heavy atom. The Hall–Kier alpha value is -2.22. The van der Waals surface area contributed by atoms with E-state index in [0.717, 1.165) is 17.8 Å². The Labute approximate surface area is 121 Å². The van der Waals surface area contributed by atoms with Crippen LogP contribution in [-0.4, -0.2) is 20.6 Å². The highest BCUT2D eigenvalue weighted by Gasteiger charge is 2.03. The second-order valence-corrected chi connectivity index (χ2v) is 5.22. The van der Waals surface area contributed by atoms with E-state index >= 15 is 0 Å². The van der Waals surface area contributed by atoms with Crippen LogP contribution in [0.2, 0.25) is 0 Å². The van der Waals surface area contributed by atoms with Crippen molar-refractivity contribution < 1.29 is 0 Å². The van der Waals surface area contributed by atoms with Crippen molar-refractivity contribution in [2.45, 2.75) is 6.92 Å². The molecule has 0 saturated heterocycles. The first-order chi connectivity index (χ1) is 9.58. The van der Waals surface area contributed by atoms with Crippen LogP contribution >= 0.6 is 0 Å². The van der Waals surface area contributed by atoms with Crippen molar-refractivity contribution in [3.05, 3.63) is 66.2 Å². The van der Waals surface area contributed by atoms with E-state index in [2.05, 4.69) is 68.1 Å². The summed E-state index contributed by atoms with van der Waals surface area (Å²) >= 11 is 0. The van der Waals surface area contributed by atoms with E-state index < -0.39 is 0 Å². The molecule has 2 aromatic rings. The van der Waals surface area contributed by atoms with E-state index in [1.54, 1.807) is 0 Å². The summed E-state index contributed by atoms with van der Waals surface area (Å²) in [6, 6.07) is 16.7. The fourth-order valence-corrected chi connectivity index (χ4v) is 2.19. The van der Waals surface area contributed by atoms with Crippen molar-refractivity contribution in [3.63, 3.8) is 0 Å². The number of hydrogen-bond donors (Lipinski definition) is 1. The molecule has 2 nitrogen and oxygen atoms in total. The first-order valence-corrected chi connectivity index (χ1v) is 6.83. The Morgan fingerprint density at radius 3 is 2.45 bits per heavy atom. The molecule has 0 saturated carbocycles. The van der Waals surface area contributed by atoms with Gasteiger partial charge in [0.15, 0.2) is 0 Å². The lowest BCUT2D eigenvalue weighted by molar-refractivity contribution is 1.11. The van der Waals surface area contributed by atoms with Crippen LogP contribution in [0, 0.1) is 6.92 Å². The van der Waals surface area contributed by atoms with E-state index in [1.807, 2.05) is 18.2 Å². The molecule has 0 fully saturated rings. The maximum absolute atomic E-state index is 4.14. The molecule has 0 heterocycles. The van der Waals surface area contributed by atoms with Crippen molar-refractivity contribution in [3.8, 4) is 0 Å². The van der Waals surface area contributed by atoms with E-state index in [0.29, 0.717) is 0 Å². The Bertz CT molecular complexity index is 586. The molecule has 0 aromatic heterocycles. The molecule has 2 heteroatoms. The second-order valence-electron chi connectivity index (χ2n) is 5.22. The minimum absolute atomic E-state index is 0.750. The average molecular weight is 266 g/mol. The Balaban J connectivity index is 2.04. The number of aryl methyl sites for hydroxylation is 1. The third-order valence-electron chi connectivity index (χ3n) is 3.38. The molecule has 0 atom stereocenters. The number of nitrogens with zero attached hydrogens (tertiary/aromatic N) is 1. The smallest absolute Gasteiger partial charge is 0.0411 e. The van der Waals surface area contributed by atoms with Crippen molar-refractivity contribution in [2.24, 2.45) is 0 Å². The second kappa shape index (κ2) is 6.29. The van der Waals surface area contributed by atoms with Crippen LogP contribution in [0.25, 0.3) is 5.57 Å². The van der Waals surface area contributed by atoms with E-state index in [-0.39, 0.29) is 0 Å². The Morgan fingerprint density at radius 1 is 1.10 bits per heavy atom. The van der Waals surface area contributed by atoms with E-state index in [1.165, 1.54) is 16.8 Å². The van der Waals surface area contributed by atoms with Crippen molar-refractivity contribution in [1.82, 2.24) is 0 Å². The first-order valence-electron chi connectivity index (χ1n) is 6.83. The van der Waals surface area contributed by atoms with Gasteiger partial charge in [0, 0.05) is 32.0 Å². The van der Waals surface area contributed by atoms with Gasteiger partial charge in [0.25, 0.3) is 0 Å². The third kappa shape index (κ3) is 3.41. The molecule has 0 aliphatic carbocycles. The van der Waals surface area contributed by atoms with Gasteiger partial charge in [-0.15, -0.1) is 0 Å². The van der Waals surface area contributed by atoms with Crippen LogP contribution in [0.3, 0.4) is 0 Å². The summed E-state index contributed by atoms with van der Waals surface area (Å²) in [5, 5.41) is 3.44. The first kappa shape index (κ1) is 14.2. The highest BCUT2D eigenvalue weighted by Crippen LogP contribution is 2.23.